The second kappa shape index (κ2) is 5.94. The van der Waals surface area contributed by atoms with Gasteiger partial charge in [-0.15, -0.1) is 0 Å². The quantitative estimate of drug-likeness (QED) is 0.650. The molecule has 0 unspecified atom stereocenters. The molecular formula is C13H20N6O2. The molecule has 0 aromatic carbocycles. The predicted molar refractivity (Wildman–Crippen MR) is 79.4 cm³/mol. The molecule has 114 valence electrons. The van der Waals surface area contributed by atoms with Gasteiger partial charge in [-0.3, -0.25) is 14.8 Å². The van der Waals surface area contributed by atoms with E-state index >= 15 is 0 Å². The Morgan fingerprint density at radius 1 is 1.48 bits per heavy atom. The molecule has 2 aromatic heterocycles. The standard InChI is InChI=1S/C13H20N6O2/c1-9(2)18-13(12(19(20)21)10(3)16-18)14-7-5-11-6-8-15-17(11)4/h6,8-9,14H,5,7H2,1-4H3. The third kappa shape index (κ3) is 3.04. The predicted octanol–water partition coefficient (Wildman–Crippen LogP) is 2.07. The van der Waals surface area contributed by atoms with E-state index in [0.29, 0.717) is 18.1 Å². The molecule has 0 saturated carbocycles. The Morgan fingerprint density at radius 2 is 2.19 bits per heavy atom. The summed E-state index contributed by atoms with van der Waals surface area (Å²) in [6.07, 6.45) is 2.47. The highest BCUT2D eigenvalue weighted by Crippen LogP contribution is 2.30. The summed E-state index contributed by atoms with van der Waals surface area (Å²) in [5, 5.41) is 22.7. The lowest BCUT2D eigenvalue weighted by Crippen LogP contribution is -2.14. The van der Waals surface area contributed by atoms with Crippen LogP contribution in [0.15, 0.2) is 12.3 Å². The Morgan fingerprint density at radius 3 is 2.71 bits per heavy atom. The summed E-state index contributed by atoms with van der Waals surface area (Å²) < 4.78 is 3.46. The van der Waals surface area contributed by atoms with Crippen molar-refractivity contribution in [3.63, 3.8) is 0 Å². The van der Waals surface area contributed by atoms with Crippen LogP contribution in [0.5, 0.6) is 0 Å². The lowest BCUT2D eigenvalue weighted by Gasteiger charge is -2.12. The first kappa shape index (κ1) is 15.0. The molecule has 0 fully saturated rings. The van der Waals surface area contributed by atoms with Crippen LogP contribution >= 0.6 is 0 Å². The number of rotatable bonds is 6. The smallest absolute Gasteiger partial charge is 0.333 e. The second-order valence-electron chi connectivity index (χ2n) is 5.20. The monoisotopic (exact) mass is 292 g/mol. The van der Waals surface area contributed by atoms with Crippen molar-refractivity contribution in [2.45, 2.75) is 33.2 Å². The van der Waals surface area contributed by atoms with E-state index in [9.17, 15) is 10.1 Å². The van der Waals surface area contributed by atoms with E-state index in [1.165, 1.54) is 0 Å². The lowest BCUT2D eigenvalue weighted by atomic mass is 10.3. The van der Waals surface area contributed by atoms with Crippen LogP contribution in [0.4, 0.5) is 11.5 Å². The maximum Gasteiger partial charge on any atom is 0.333 e. The molecule has 0 saturated heterocycles. The maximum atomic E-state index is 11.2. The topological polar surface area (TPSA) is 90.8 Å². The van der Waals surface area contributed by atoms with Crippen LogP contribution in [0.1, 0.15) is 31.3 Å². The summed E-state index contributed by atoms with van der Waals surface area (Å²) in [7, 11) is 1.88. The van der Waals surface area contributed by atoms with Crippen LogP contribution in [0, 0.1) is 17.0 Å². The highest BCUT2D eigenvalue weighted by Gasteiger charge is 2.26. The van der Waals surface area contributed by atoms with Gasteiger partial charge in [-0.2, -0.15) is 10.2 Å². The highest BCUT2D eigenvalue weighted by atomic mass is 16.6. The first-order chi connectivity index (χ1) is 9.91. The summed E-state index contributed by atoms with van der Waals surface area (Å²) >= 11 is 0. The third-order valence-corrected chi connectivity index (χ3v) is 3.32. The largest absolute Gasteiger partial charge is 0.364 e. The molecule has 8 heteroatoms. The van der Waals surface area contributed by atoms with Crippen LogP contribution in [0.3, 0.4) is 0 Å². The van der Waals surface area contributed by atoms with Crippen molar-refractivity contribution >= 4 is 11.5 Å². The van der Waals surface area contributed by atoms with E-state index in [0.717, 1.165) is 12.1 Å². The molecule has 2 aromatic rings. The van der Waals surface area contributed by atoms with Crippen molar-refractivity contribution in [1.82, 2.24) is 19.6 Å². The van der Waals surface area contributed by atoms with Gasteiger partial charge >= 0.3 is 5.69 Å². The number of nitrogens with one attached hydrogen (secondary N) is 1. The zero-order valence-corrected chi connectivity index (χ0v) is 12.7. The van der Waals surface area contributed by atoms with Gasteiger partial charge in [0, 0.05) is 37.9 Å². The molecule has 21 heavy (non-hydrogen) atoms. The SMILES string of the molecule is Cc1nn(C(C)C)c(NCCc2ccnn2C)c1[N+](=O)[O-]. The average molecular weight is 292 g/mol. The fraction of sp³-hybridized carbons (Fsp3) is 0.538. The van der Waals surface area contributed by atoms with Gasteiger partial charge < -0.3 is 5.32 Å². The normalized spacial score (nSPS) is 11.1. The molecule has 8 nitrogen and oxygen atoms in total. The van der Waals surface area contributed by atoms with Gasteiger partial charge in [0.05, 0.1) is 4.92 Å². The molecule has 0 aliphatic heterocycles. The molecule has 2 heterocycles. The zero-order chi connectivity index (χ0) is 15.6. The number of nitrogens with zero attached hydrogens (tertiary/aromatic N) is 5. The van der Waals surface area contributed by atoms with Crippen molar-refractivity contribution in [3.8, 4) is 0 Å². The summed E-state index contributed by atoms with van der Waals surface area (Å²) in [5.74, 6) is 0.467. The van der Waals surface area contributed by atoms with E-state index < -0.39 is 0 Å². The van der Waals surface area contributed by atoms with Crippen LogP contribution in [-0.4, -0.2) is 31.0 Å². The van der Waals surface area contributed by atoms with Crippen molar-refractivity contribution < 1.29 is 4.92 Å². The van der Waals surface area contributed by atoms with E-state index in [1.54, 1.807) is 22.5 Å². The molecule has 1 N–H and O–H groups in total. The number of hydrogen-bond donors (Lipinski definition) is 1. The number of aryl methyl sites for hydroxylation is 2. The maximum absolute atomic E-state index is 11.2. The van der Waals surface area contributed by atoms with E-state index in [4.69, 9.17) is 0 Å². The fourth-order valence-electron chi connectivity index (χ4n) is 2.25. The van der Waals surface area contributed by atoms with Gasteiger partial charge in [0.2, 0.25) is 5.82 Å². The third-order valence-electron chi connectivity index (χ3n) is 3.32. The number of nitro groups is 1. The minimum absolute atomic E-state index is 0.0497. The minimum atomic E-state index is -0.381. The van der Waals surface area contributed by atoms with Crippen molar-refractivity contribution in [2.75, 3.05) is 11.9 Å². The van der Waals surface area contributed by atoms with Gasteiger partial charge in [0.15, 0.2) is 0 Å². The van der Waals surface area contributed by atoms with Gasteiger partial charge in [0.1, 0.15) is 5.69 Å². The van der Waals surface area contributed by atoms with Crippen molar-refractivity contribution in [3.05, 3.63) is 33.8 Å². The number of anilines is 1. The Bertz CT molecular complexity index is 643. The highest BCUT2D eigenvalue weighted by molar-refractivity contribution is 5.59. The summed E-state index contributed by atoms with van der Waals surface area (Å²) in [4.78, 5) is 10.8. The first-order valence-electron chi connectivity index (χ1n) is 6.86. The van der Waals surface area contributed by atoms with Crippen LogP contribution in [-0.2, 0) is 13.5 Å². The molecule has 0 amide bonds. The number of hydrogen-bond acceptors (Lipinski definition) is 5. The zero-order valence-electron chi connectivity index (χ0n) is 12.7. The van der Waals surface area contributed by atoms with Crippen molar-refractivity contribution in [2.24, 2.45) is 7.05 Å². The fourth-order valence-corrected chi connectivity index (χ4v) is 2.25. The molecule has 0 aliphatic carbocycles. The van der Waals surface area contributed by atoms with Gasteiger partial charge in [-0.1, -0.05) is 0 Å². The molecule has 0 radical (unpaired) electrons. The lowest BCUT2D eigenvalue weighted by molar-refractivity contribution is -0.384. The molecule has 0 atom stereocenters. The van der Waals surface area contributed by atoms with E-state index in [2.05, 4.69) is 15.5 Å². The summed E-state index contributed by atoms with van der Waals surface area (Å²) in [6, 6.07) is 1.98. The van der Waals surface area contributed by atoms with Gasteiger partial charge in [-0.05, 0) is 26.8 Å². The molecule has 0 spiro atoms. The van der Waals surface area contributed by atoms with Crippen LogP contribution in [0.25, 0.3) is 0 Å². The summed E-state index contributed by atoms with van der Waals surface area (Å²) in [6.45, 7) is 6.13. The van der Waals surface area contributed by atoms with Gasteiger partial charge in [0.25, 0.3) is 0 Å². The Kier molecular flexibility index (Phi) is 4.25. The molecule has 0 bridgehead atoms. The summed E-state index contributed by atoms with van der Waals surface area (Å²) in [5.41, 5.74) is 1.54. The average Bonchev–Trinajstić information content (AvgIpc) is 2.94. The Hall–Kier alpha value is -2.38. The second-order valence-corrected chi connectivity index (χ2v) is 5.20. The van der Waals surface area contributed by atoms with Gasteiger partial charge in [-0.25, -0.2) is 4.68 Å². The Labute approximate surface area is 122 Å². The first-order valence-corrected chi connectivity index (χ1v) is 6.86. The molecule has 2 rings (SSSR count). The van der Waals surface area contributed by atoms with E-state index in [-0.39, 0.29) is 16.7 Å². The number of aromatic nitrogens is 4. The van der Waals surface area contributed by atoms with Crippen molar-refractivity contribution in [1.29, 1.82) is 0 Å². The van der Waals surface area contributed by atoms with Crippen LogP contribution in [0.2, 0.25) is 0 Å². The van der Waals surface area contributed by atoms with Crippen LogP contribution < -0.4 is 5.32 Å². The Balaban J connectivity index is 2.18. The molecule has 0 aliphatic rings. The molecular weight excluding hydrogens is 272 g/mol. The van der Waals surface area contributed by atoms with E-state index in [1.807, 2.05) is 27.0 Å². The minimum Gasteiger partial charge on any atom is -0.364 e.